The number of allylic oxidation sites excluding steroid dienone is 1. The first-order valence-corrected chi connectivity index (χ1v) is 10.5. The van der Waals surface area contributed by atoms with Crippen LogP contribution in [0.2, 0.25) is 0 Å². The molecule has 0 radical (unpaired) electrons. The van der Waals surface area contributed by atoms with Gasteiger partial charge in [-0.2, -0.15) is 0 Å². The van der Waals surface area contributed by atoms with Gasteiger partial charge in [-0.15, -0.1) is 0 Å². The standard InChI is InChI=1S/C24H34O3/c1-18(19-10-6-5-7-11-19)22(26)14-13-21-20(23-15-16-24(21)27-23)12-8-3-2-4-9-17-25/h4-7,9-11,13-14,18,20-26H,2-3,8,12,15-17H2,1H3/b9-4+,14-13-. The minimum atomic E-state index is -0.462. The van der Waals surface area contributed by atoms with Crippen LogP contribution >= 0.6 is 0 Å². The largest absolute Gasteiger partial charge is 0.392 e. The Balaban J connectivity index is 1.53. The molecule has 1 aromatic rings. The van der Waals surface area contributed by atoms with Crippen LogP contribution < -0.4 is 0 Å². The summed E-state index contributed by atoms with van der Waals surface area (Å²) < 4.78 is 6.19. The van der Waals surface area contributed by atoms with Crippen molar-refractivity contribution in [2.75, 3.05) is 6.61 Å². The minimum absolute atomic E-state index is 0.0960. The van der Waals surface area contributed by atoms with E-state index in [9.17, 15) is 5.11 Å². The molecule has 1 aromatic carbocycles. The number of hydrogen-bond donors (Lipinski definition) is 2. The Morgan fingerprint density at radius 2 is 1.89 bits per heavy atom. The van der Waals surface area contributed by atoms with E-state index >= 15 is 0 Å². The van der Waals surface area contributed by atoms with Crippen LogP contribution in [0.15, 0.2) is 54.6 Å². The summed E-state index contributed by atoms with van der Waals surface area (Å²) in [5.41, 5.74) is 1.17. The first-order chi connectivity index (χ1) is 13.2. The highest BCUT2D eigenvalue weighted by Crippen LogP contribution is 2.46. The average molecular weight is 371 g/mol. The highest BCUT2D eigenvalue weighted by atomic mass is 16.5. The normalized spacial score (nSPS) is 29.7. The summed E-state index contributed by atoms with van der Waals surface area (Å²) in [5, 5.41) is 19.4. The van der Waals surface area contributed by atoms with E-state index in [1.165, 1.54) is 24.8 Å². The van der Waals surface area contributed by atoms with E-state index in [4.69, 9.17) is 9.84 Å². The zero-order chi connectivity index (χ0) is 19.1. The fourth-order valence-electron chi connectivity index (χ4n) is 4.65. The van der Waals surface area contributed by atoms with Gasteiger partial charge in [0.25, 0.3) is 0 Å². The number of aliphatic hydroxyl groups excluding tert-OH is 2. The van der Waals surface area contributed by atoms with Crippen molar-refractivity contribution in [2.45, 2.75) is 69.7 Å². The van der Waals surface area contributed by atoms with Gasteiger partial charge in [0.05, 0.1) is 24.9 Å². The van der Waals surface area contributed by atoms with Crippen molar-refractivity contribution in [3.8, 4) is 0 Å². The van der Waals surface area contributed by atoms with Crippen LogP contribution in [0, 0.1) is 11.8 Å². The number of hydrogen-bond acceptors (Lipinski definition) is 3. The molecular formula is C24H34O3. The molecule has 6 atom stereocenters. The van der Waals surface area contributed by atoms with E-state index in [0.29, 0.717) is 24.0 Å². The second-order valence-corrected chi connectivity index (χ2v) is 8.04. The summed E-state index contributed by atoms with van der Waals surface area (Å²) in [6.45, 7) is 2.22. The van der Waals surface area contributed by atoms with Crippen molar-refractivity contribution >= 4 is 0 Å². The van der Waals surface area contributed by atoms with Gasteiger partial charge in [-0.25, -0.2) is 0 Å². The number of aliphatic hydroxyl groups is 2. The molecule has 0 saturated carbocycles. The maximum absolute atomic E-state index is 10.6. The molecule has 3 heteroatoms. The molecule has 0 spiro atoms. The van der Waals surface area contributed by atoms with Gasteiger partial charge in [0.2, 0.25) is 0 Å². The maximum Gasteiger partial charge on any atom is 0.0786 e. The molecule has 2 heterocycles. The van der Waals surface area contributed by atoms with Gasteiger partial charge in [0.1, 0.15) is 0 Å². The van der Waals surface area contributed by atoms with Crippen LogP contribution in [0.1, 0.15) is 56.9 Å². The van der Waals surface area contributed by atoms with Crippen molar-refractivity contribution in [2.24, 2.45) is 11.8 Å². The van der Waals surface area contributed by atoms with Crippen molar-refractivity contribution in [1.29, 1.82) is 0 Å². The molecule has 27 heavy (non-hydrogen) atoms. The number of ether oxygens (including phenoxy) is 1. The number of unbranched alkanes of at least 4 members (excludes halogenated alkanes) is 2. The maximum atomic E-state index is 10.6. The second kappa shape index (κ2) is 10.2. The molecule has 6 unspecified atom stereocenters. The van der Waals surface area contributed by atoms with Gasteiger partial charge in [0, 0.05) is 11.8 Å². The summed E-state index contributed by atoms with van der Waals surface area (Å²) in [7, 11) is 0. The number of benzene rings is 1. The molecule has 2 aliphatic rings. The minimum Gasteiger partial charge on any atom is -0.392 e. The van der Waals surface area contributed by atoms with E-state index in [-0.39, 0.29) is 12.5 Å². The molecule has 2 saturated heterocycles. The van der Waals surface area contributed by atoms with Crippen molar-refractivity contribution in [3.63, 3.8) is 0 Å². The molecule has 2 fully saturated rings. The average Bonchev–Trinajstić information content (AvgIpc) is 3.30. The third-order valence-corrected chi connectivity index (χ3v) is 6.28. The van der Waals surface area contributed by atoms with Gasteiger partial charge >= 0.3 is 0 Å². The molecule has 3 nitrogen and oxygen atoms in total. The molecule has 3 rings (SSSR count). The molecule has 2 aliphatic heterocycles. The Bertz CT molecular complexity index is 609. The van der Waals surface area contributed by atoms with Gasteiger partial charge < -0.3 is 14.9 Å². The smallest absolute Gasteiger partial charge is 0.0786 e. The third-order valence-electron chi connectivity index (χ3n) is 6.28. The fraction of sp³-hybridized carbons (Fsp3) is 0.583. The molecule has 0 aliphatic carbocycles. The number of fused-ring (bicyclic) bond motifs is 2. The molecule has 2 N–H and O–H groups in total. The molecule has 2 bridgehead atoms. The Kier molecular flexibility index (Phi) is 7.69. The highest BCUT2D eigenvalue weighted by Gasteiger charge is 2.47. The van der Waals surface area contributed by atoms with E-state index < -0.39 is 6.10 Å². The van der Waals surface area contributed by atoms with E-state index in [1.54, 1.807) is 0 Å². The predicted molar refractivity (Wildman–Crippen MR) is 110 cm³/mol. The van der Waals surface area contributed by atoms with Crippen LogP contribution in [0.5, 0.6) is 0 Å². The Hall–Kier alpha value is -1.42. The van der Waals surface area contributed by atoms with Gasteiger partial charge in [0.15, 0.2) is 0 Å². The summed E-state index contributed by atoms with van der Waals surface area (Å²) >= 11 is 0. The SMILES string of the molecule is CC(c1ccccc1)C(O)/C=C\C1C2CCC(O2)C1CCCC/C=C/CO. The highest BCUT2D eigenvalue weighted by molar-refractivity contribution is 5.22. The van der Waals surface area contributed by atoms with Crippen molar-refractivity contribution in [3.05, 3.63) is 60.2 Å². The lowest BCUT2D eigenvalue weighted by molar-refractivity contribution is 0.0884. The van der Waals surface area contributed by atoms with Crippen LogP contribution in [0.3, 0.4) is 0 Å². The first-order valence-electron chi connectivity index (χ1n) is 10.5. The second-order valence-electron chi connectivity index (χ2n) is 8.04. The van der Waals surface area contributed by atoms with Crippen LogP contribution in [-0.4, -0.2) is 35.1 Å². The van der Waals surface area contributed by atoms with E-state index in [0.717, 1.165) is 19.3 Å². The Morgan fingerprint density at radius 1 is 1.11 bits per heavy atom. The summed E-state index contributed by atoms with van der Waals surface area (Å²) in [6, 6.07) is 10.2. The van der Waals surface area contributed by atoms with Crippen molar-refractivity contribution < 1.29 is 14.9 Å². The first kappa shape index (κ1) is 20.3. The lowest BCUT2D eigenvalue weighted by atomic mass is 9.76. The quantitative estimate of drug-likeness (QED) is 0.467. The van der Waals surface area contributed by atoms with Gasteiger partial charge in [-0.1, -0.05) is 68.0 Å². The topological polar surface area (TPSA) is 49.7 Å². The molecule has 148 valence electrons. The Morgan fingerprint density at radius 3 is 2.67 bits per heavy atom. The molecule has 0 amide bonds. The zero-order valence-electron chi connectivity index (χ0n) is 16.4. The van der Waals surface area contributed by atoms with Gasteiger partial charge in [-0.3, -0.25) is 0 Å². The zero-order valence-corrected chi connectivity index (χ0v) is 16.4. The Labute approximate surface area is 163 Å². The lowest BCUT2D eigenvalue weighted by Gasteiger charge is -2.26. The molecule has 0 aromatic heterocycles. The van der Waals surface area contributed by atoms with Gasteiger partial charge in [-0.05, 0) is 43.6 Å². The van der Waals surface area contributed by atoms with E-state index in [1.807, 2.05) is 30.4 Å². The number of rotatable bonds is 10. The van der Waals surface area contributed by atoms with Crippen LogP contribution in [0.4, 0.5) is 0 Å². The van der Waals surface area contributed by atoms with Crippen molar-refractivity contribution in [1.82, 2.24) is 0 Å². The predicted octanol–water partition coefficient (Wildman–Crippen LogP) is 4.61. The van der Waals surface area contributed by atoms with E-state index in [2.05, 4.69) is 31.2 Å². The third kappa shape index (κ3) is 5.31. The lowest BCUT2D eigenvalue weighted by Crippen LogP contribution is -2.26. The summed E-state index contributed by atoms with van der Waals surface area (Å²) in [5.74, 6) is 1.12. The summed E-state index contributed by atoms with van der Waals surface area (Å²) in [4.78, 5) is 0. The van der Waals surface area contributed by atoms with Crippen LogP contribution in [0.25, 0.3) is 0 Å². The fourth-order valence-corrected chi connectivity index (χ4v) is 4.65. The molecular weight excluding hydrogens is 336 g/mol. The monoisotopic (exact) mass is 370 g/mol. The van der Waals surface area contributed by atoms with Crippen LogP contribution in [-0.2, 0) is 4.74 Å². The summed E-state index contributed by atoms with van der Waals surface area (Å²) in [6.07, 6.45) is 15.3.